The Morgan fingerprint density at radius 2 is 2.21 bits per heavy atom. The number of hydrogen-bond donors (Lipinski definition) is 1. The van der Waals surface area contributed by atoms with Crippen molar-refractivity contribution in [1.29, 1.82) is 0 Å². The lowest BCUT2D eigenvalue weighted by Crippen LogP contribution is -1.88. The van der Waals surface area contributed by atoms with Crippen LogP contribution in [0.5, 0.6) is 0 Å². The van der Waals surface area contributed by atoms with Crippen LogP contribution in [0.3, 0.4) is 0 Å². The van der Waals surface area contributed by atoms with Gasteiger partial charge in [0.25, 0.3) is 0 Å². The van der Waals surface area contributed by atoms with Crippen LogP contribution < -0.4 is 0 Å². The van der Waals surface area contributed by atoms with E-state index in [0.717, 1.165) is 16.5 Å². The second kappa shape index (κ2) is 3.50. The van der Waals surface area contributed by atoms with Crippen molar-refractivity contribution in [1.82, 2.24) is 4.98 Å². The number of aromatic amines is 1. The molecule has 0 saturated carbocycles. The van der Waals surface area contributed by atoms with Crippen molar-refractivity contribution < 1.29 is 4.79 Å². The number of rotatable bonds is 2. The molecule has 1 heterocycles. The van der Waals surface area contributed by atoms with Gasteiger partial charge in [-0.1, -0.05) is 6.07 Å². The van der Waals surface area contributed by atoms with Gasteiger partial charge in [0.15, 0.2) is 5.78 Å². The molecular weight excluding hydrogens is 194 g/mol. The average Bonchev–Trinajstić information content (AvgIpc) is 2.59. The molecular formula is C11H11NOS. The molecule has 14 heavy (non-hydrogen) atoms. The summed E-state index contributed by atoms with van der Waals surface area (Å²) >= 11 is 1.70. The average molecular weight is 205 g/mol. The number of ketones is 1. The van der Waals surface area contributed by atoms with Crippen LogP contribution >= 0.6 is 11.8 Å². The van der Waals surface area contributed by atoms with Gasteiger partial charge in [-0.2, -0.15) is 0 Å². The molecule has 0 fully saturated rings. The molecule has 2 aromatic rings. The topological polar surface area (TPSA) is 32.9 Å². The summed E-state index contributed by atoms with van der Waals surface area (Å²) in [6.07, 6.45) is 3.81. The molecule has 2 nitrogen and oxygen atoms in total. The van der Waals surface area contributed by atoms with Gasteiger partial charge in [0.05, 0.1) is 0 Å². The molecule has 0 spiro atoms. The smallest absolute Gasteiger partial charge is 0.161 e. The van der Waals surface area contributed by atoms with E-state index in [2.05, 4.69) is 11.1 Å². The van der Waals surface area contributed by atoms with E-state index in [1.54, 1.807) is 24.9 Å². The maximum absolute atomic E-state index is 11.2. The number of aromatic nitrogens is 1. The minimum absolute atomic E-state index is 0.105. The zero-order chi connectivity index (χ0) is 10.1. The van der Waals surface area contributed by atoms with Crippen molar-refractivity contribution >= 4 is 28.4 Å². The number of fused-ring (bicyclic) bond motifs is 1. The van der Waals surface area contributed by atoms with E-state index in [1.165, 1.54) is 4.90 Å². The molecule has 0 atom stereocenters. The molecule has 1 N–H and O–H groups in total. The molecule has 72 valence electrons. The fourth-order valence-corrected chi connectivity index (χ4v) is 1.96. The minimum Gasteiger partial charge on any atom is -0.360 e. The number of carbonyl (C=O) groups is 1. The molecule has 1 aromatic heterocycles. The van der Waals surface area contributed by atoms with Crippen LogP contribution in [0.15, 0.2) is 29.3 Å². The molecule has 2 rings (SSSR count). The summed E-state index contributed by atoms with van der Waals surface area (Å²) in [6, 6.07) is 6.09. The summed E-state index contributed by atoms with van der Waals surface area (Å²) in [5, 5.41) is 1.01. The second-order valence-electron chi connectivity index (χ2n) is 3.17. The predicted octanol–water partition coefficient (Wildman–Crippen LogP) is 3.09. The molecule has 3 heteroatoms. The first-order valence-corrected chi connectivity index (χ1v) is 5.61. The van der Waals surface area contributed by atoms with Gasteiger partial charge in [-0.05, 0) is 25.3 Å². The molecule has 0 bridgehead atoms. The number of thioether (sulfide) groups is 1. The summed E-state index contributed by atoms with van der Waals surface area (Å²) in [5.41, 5.74) is 1.80. The van der Waals surface area contributed by atoms with Crippen molar-refractivity contribution in [2.75, 3.05) is 6.26 Å². The molecule has 0 radical (unpaired) electrons. The van der Waals surface area contributed by atoms with Gasteiger partial charge in [0.2, 0.25) is 0 Å². The predicted molar refractivity (Wildman–Crippen MR) is 60.1 cm³/mol. The van der Waals surface area contributed by atoms with Gasteiger partial charge in [-0.25, -0.2) is 0 Å². The number of hydrogen-bond acceptors (Lipinski definition) is 2. The highest BCUT2D eigenvalue weighted by Gasteiger charge is 2.07. The van der Waals surface area contributed by atoms with Crippen molar-refractivity contribution in [2.24, 2.45) is 0 Å². The van der Waals surface area contributed by atoms with E-state index in [1.807, 2.05) is 18.4 Å². The Hall–Kier alpha value is -1.22. The van der Waals surface area contributed by atoms with Gasteiger partial charge >= 0.3 is 0 Å². The standard InChI is InChI=1S/C11H11NOS/c1-7(13)10-6-12-11-5-8(14-2)3-4-9(10)11/h3-6,12H,1-2H3. The van der Waals surface area contributed by atoms with Crippen LogP contribution in [0.25, 0.3) is 10.9 Å². The van der Waals surface area contributed by atoms with Gasteiger partial charge in [0.1, 0.15) is 0 Å². The zero-order valence-corrected chi connectivity index (χ0v) is 8.94. The third-order valence-corrected chi connectivity index (χ3v) is 2.99. The first-order chi connectivity index (χ1) is 6.72. The highest BCUT2D eigenvalue weighted by Crippen LogP contribution is 2.24. The summed E-state index contributed by atoms with van der Waals surface area (Å²) in [5.74, 6) is 0.105. The number of carbonyl (C=O) groups excluding carboxylic acids is 1. The van der Waals surface area contributed by atoms with Gasteiger partial charge in [-0.15, -0.1) is 11.8 Å². The van der Waals surface area contributed by atoms with Gasteiger partial charge in [0, 0.05) is 27.6 Å². The zero-order valence-electron chi connectivity index (χ0n) is 8.13. The second-order valence-corrected chi connectivity index (χ2v) is 4.05. The Kier molecular flexibility index (Phi) is 2.33. The molecule has 0 aliphatic carbocycles. The first-order valence-electron chi connectivity index (χ1n) is 4.38. The quantitative estimate of drug-likeness (QED) is 0.603. The Labute approximate surface area is 86.7 Å². The van der Waals surface area contributed by atoms with Crippen LogP contribution in [0.2, 0.25) is 0 Å². The van der Waals surface area contributed by atoms with Crippen molar-refractivity contribution in [2.45, 2.75) is 11.8 Å². The SMILES string of the molecule is CSc1ccc2c(C(C)=O)c[nH]c2c1. The summed E-state index contributed by atoms with van der Waals surface area (Å²) in [7, 11) is 0. The molecule has 0 aliphatic rings. The number of H-pyrrole nitrogens is 1. The lowest BCUT2D eigenvalue weighted by molar-refractivity contribution is 0.101. The number of nitrogens with one attached hydrogen (secondary N) is 1. The van der Waals surface area contributed by atoms with E-state index in [4.69, 9.17) is 0 Å². The maximum atomic E-state index is 11.2. The maximum Gasteiger partial charge on any atom is 0.161 e. The largest absolute Gasteiger partial charge is 0.360 e. The Balaban J connectivity index is 2.65. The Bertz CT molecular complexity index is 487. The van der Waals surface area contributed by atoms with Crippen molar-refractivity contribution in [3.63, 3.8) is 0 Å². The summed E-state index contributed by atoms with van der Waals surface area (Å²) in [6.45, 7) is 1.59. The monoisotopic (exact) mass is 205 g/mol. The molecule has 0 amide bonds. The fraction of sp³-hybridized carbons (Fsp3) is 0.182. The van der Waals surface area contributed by atoms with Gasteiger partial charge < -0.3 is 4.98 Å². The molecule has 0 unspecified atom stereocenters. The highest BCUT2D eigenvalue weighted by atomic mass is 32.2. The first kappa shape index (κ1) is 9.34. The molecule has 0 aliphatic heterocycles. The number of Topliss-reactive ketones (excluding diaryl/α,β-unsaturated/α-hetero) is 1. The number of benzene rings is 1. The summed E-state index contributed by atoms with van der Waals surface area (Å²) in [4.78, 5) is 15.6. The summed E-state index contributed by atoms with van der Waals surface area (Å²) < 4.78 is 0. The van der Waals surface area contributed by atoms with Crippen molar-refractivity contribution in [3.8, 4) is 0 Å². The normalized spacial score (nSPS) is 10.7. The minimum atomic E-state index is 0.105. The molecule has 1 aromatic carbocycles. The van der Waals surface area contributed by atoms with Crippen molar-refractivity contribution in [3.05, 3.63) is 30.0 Å². The fourth-order valence-electron chi connectivity index (χ4n) is 1.52. The molecule has 0 saturated heterocycles. The van der Waals surface area contributed by atoms with Gasteiger partial charge in [-0.3, -0.25) is 4.79 Å². The third-order valence-electron chi connectivity index (χ3n) is 2.27. The van der Waals surface area contributed by atoms with Crippen LogP contribution in [-0.2, 0) is 0 Å². The van der Waals surface area contributed by atoms with E-state index < -0.39 is 0 Å². The Morgan fingerprint density at radius 3 is 2.86 bits per heavy atom. The third kappa shape index (κ3) is 1.44. The van der Waals surface area contributed by atoms with E-state index in [-0.39, 0.29) is 5.78 Å². The van der Waals surface area contributed by atoms with Crippen LogP contribution in [-0.4, -0.2) is 17.0 Å². The Morgan fingerprint density at radius 1 is 1.43 bits per heavy atom. The lowest BCUT2D eigenvalue weighted by Gasteiger charge is -1.96. The van der Waals surface area contributed by atoms with E-state index in [9.17, 15) is 4.79 Å². The lowest BCUT2D eigenvalue weighted by atomic mass is 10.1. The highest BCUT2D eigenvalue weighted by molar-refractivity contribution is 7.98. The van der Waals surface area contributed by atoms with Crippen LogP contribution in [0.4, 0.5) is 0 Å². The van der Waals surface area contributed by atoms with E-state index >= 15 is 0 Å². The van der Waals surface area contributed by atoms with Crippen LogP contribution in [0.1, 0.15) is 17.3 Å². The van der Waals surface area contributed by atoms with E-state index in [0.29, 0.717) is 0 Å². The van der Waals surface area contributed by atoms with Crippen LogP contribution in [0, 0.1) is 0 Å².